The Morgan fingerprint density at radius 3 is 1.62 bits per heavy atom. The topological polar surface area (TPSA) is 0 Å². The number of alkyl halides is 3. The molecule has 0 aliphatic carbocycles. The minimum absolute atomic E-state index is 0.198. The van der Waals surface area contributed by atoms with Crippen LogP contribution < -0.4 is 0 Å². The Labute approximate surface area is 97.9 Å². The predicted molar refractivity (Wildman–Crippen MR) is 54.8 cm³/mol. The summed E-state index contributed by atoms with van der Waals surface area (Å²) in [4.78, 5) is 0. The average molecular weight is 383 g/mol. The summed E-state index contributed by atoms with van der Waals surface area (Å²) >= 11 is 9.17. The first kappa shape index (κ1) is 11.5. The largest absolute Gasteiger partial charge is 0.204 e. The molecular weight excluding hydrogens is 381 g/mol. The van der Waals surface area contributed by atoms with Gasteiger partial charge >= 0.3 is 0 Å². The molecule has 0 unspecified atom stereocenters. The lowest BCUT2D eigenvalue weighted by Crippen LogP contribution is -2.02. The van der Waals surface area contributed by atoms with Crippen LogP contribution in [-0.4, -0.2) is 0 Å². The lowest BCUT2D eigenvalue weighted by molar-refractivity contribution is 0.446. The van der Waals surface area contributed by atoms with Gasteiger partial charge in [-0.05, 0) is 17.7 Å². The Kier molecular flexibility index (Phi) is 3.46. The van der Waals surface area contributed by atoms with Gasteiger partial charge in [-0.25, -0.2) is 13.2 Å². The third kappa shape index (κ3) is 2.70. The summed E-state index contributed by atoms with van der Waals surface area (Å²) in [7, 11) is 0. The van der Waals surface area contributed by atoms with Gasteiger partial charge in [-0.3, -0.25) is 0 Å². The molecule has 0 N–H and O–H groups in total. The van der Waals surface area contributed by atoms with Gasteiger partial charge in [-0.15, -0.1) is 0 Å². The summed E-state index contributed by atoms with van der Waals surface area (Å²) < 4.78 is 36.9. The minimum atomic E-state index is -1.47. The second-order valence-electron chi connectivity index (χ2n) is 2.25. The van der Waals surface area contributed by atoms with Crippen LogP contribution in [0.1, 0.15) is 5.56 Å². The molecule has 0 atom stereocenters. The summed E-state index contributed by atoms with van der Waals surface area (Å²) in [6.07, 6.45) is 0. The first-order chi connectivity index (χ1) is 5.82. The molecule has 0 saturated heterocycles. The zero-order chi connectivity index (χ0) is 10.2. The second kappa shape index (κ2) is 3.90. The number of hydrogen-bond donors (Lipinski definition) is 0. The average Bonchev–Trinajstić information content (AvgIpc) is 1.97. The lowest BCUT2D eigenvalue weighted by atomic mass is 10.2. The van der Waals surface area contributed by atoms with E-state index in [-0.39, 0.29) is 5.56 Å². The van der Waals surface area contributed by atoms with E-state index in [2.05, 4.69) is 47.8 Å². The Morgan fingerprint density at radius 2 is 1.31 bits per heavy atom. The van der Waals surface area contributed by atoms with Gasteiger partial charge in [0.1, 0.15) is 0 Å². The van der Waals surface area contributed by atoms with E-state index in [9.17, 15) is 13.2 Å². The van der Waals surface area contributed by atoms with E-state index in [0.717, 1.165) is 12.1 Å². The van der Waals surface area contributed by atoms with Crippen molar-refractivity contribution >= 4 is 47.8 Å². The van der Waals surface area contributed by atoms with Crippen molar-refractivity contribution in [2.45, 2.75) is 2.14 Å². The van der Waals surface area contributed by atoms with Gasteiger partial charge in [-0.1, -0.05) is 47.8 Å². The van der Waals surface area contributed by atoms with Gasteiger partial charge in [0.05, 0.1) is 0 Å². The molecular formula is C7H2Br3F3. The van der Waals surface area contributed by atoms with Gasteiger partial charge in [0, 0.05) is 0 Å². The fraction of sp³-hybridized carbons (Fsp3) is 0.143. The first-order valence-electron chi connectivity index (χ1n) is 3.04. The SMILES string of the molecule is Fc1cc(C(Br)(Br)Br)cc(F)c1F. The fourth-order valence-electron chi connectivity index (χ4n) is 0.719. The van der Waals surface area contributed by atoms with Crippen LogP contribution in [0.4, 0.5) is 13.2 Å². The highest BCUT2D eigenvalue weighted by molar-refractivity contribution is 9.38. The van der Waals surface area contributed by atoms with Crippen LogP contribution in [0.25, 0.3) is 0 Å². The van der Waals surface area contributed by atoms with E-state index in [4.69, 9.17) is 0 Å². The lowest BCUT2D eigenvalue weighted by Gasteiger charge is -2.12. The van der Waals surface area contributed by atoms with Gasteiger partial charge < -0.3 is 0 Å². The maximum atomic E-state index is 12.7. The molecule has 0 heterocycles. The van der Waals surface area contributed by atoms with Gasteiger partial charge in [0.2, 0.25) is 0 Å². The molecule has 0 aliphatic rings. The summed E-state index contributed by atoms with van der Waals surface area (Å²) in [5.41, 5.74) is 0.198. The van der Waals surface area contributed by atoms with Gasteiger partial charge in [0.25, 0.3) is 0 Å². The normalized spacial score (nSPS) is 11.8. The molecule has 13 heavy (non-hydrogen) atoms. The number of rotatable bonds is 0. The fourth-order valence-corrected chi connectivity index (χ4v) is 1.41. The zero-order valence-electron chi connectivity index (χ0n) is 5.92. The molecule has 0 amide bonds. The highest BCUT2D eigenvalue weighted by atomic mass is 80.0. The third-order valence-corrected chi connectivity index (χ3v) is 2.68. The summed E-state index contributed by atoms with van der Waals surface area (Å²) in [5.74, 6) is -3.92. The van der Waals surface area contributed by atoms with Crippen LogP contribution in [0.3, 0.4) is 0 Å². The van der Waals surface area contributed by atoms with Gasteiger partial charge in [0.15, 0.2) is 19.6 Å². The van der Waals surface area contributed by atoms with Crippen molar-refractivity contribution in [3.63, 3.8) is 0 Å². The monoisotopic (exact) mass is 380 g/mol. The molecule has 1 aromatic carbocycles. The molecule has 0 spiro atoms. The number of benzene rings is 1. The highest BCUT2D eigenvalue weighted by Crippen LogP contribution is 2.44. The molecule has 0 aliphatic heterocycles. The molecule has 0 nitrogen and oxygen atoms in total. The predicted octanol–water partition coefficient (Wildman–Crippen LogP) is 4.40. The molecule has 1 aromatic rings. The van der Waals surface area contributed by atoms with Crippen LogP contribution in [0, 0.1) is 17.5 Å². The van der Waals surface area contributed by atoms with Crippen LogP contribution in [-0.2, 0) is 2.14 Å². The Morgan fingerprint density at radius 1 is 0.923 bits per heavy atom. The molecule has 1 rings (SSSR count). The van der Waals surface area contributed by atoms with Crippen molar-refractivity contribution in [1.82, 2.24) is 0 Å². The van der Waals surface area contributed by atoms with E-state index < -0.39 is 19.6 Å². The summed E-state index contributed by atoms with van der Waals surface area (Å²) in [6.45, 7) is 0. The zero-order valence-corrected chi connectivity index (χ0v) is 10.7. The van der Waals surface area contributed by atoms with Gasteiger partial charge in [-0.2, -0.15) is 0 Å². The summed E-state index contributed by atoms with van der Waals surface area (Å²) in [6, 6.07) is 1.77. The van der Waals surface area contributed by atoms with Crippen molar-refractivity contribution in [3.05, 3.63) is 35.1 Å². The van der Waals surface area contributed by atoms with Crippen LogP contribution >= 0.6 is 47.8 Å². The van der Waals surface area contributed by atoms with Crippen molar-refractivity contribution in [1.29, 1.82) is 0 Å². The van der Waals surface area contributed by atoms with Crippen molar-refractivity contribution < 1.29 is 13.2 Å². The standard InChI is InChI=1S/C7H2Br3F3/c8-7(9,10)3-1-4(11)6(13)5(12)2-3/h1-2H. The molecule has 0 saturated carbocycles. The van der Waals surface area contributed by atoms with Crippen molar-refractivity contribution in [3.8, 4) is 0 Å². The Balaban J connectivity index is 3.29. The molecule has 72 valence electrons. The highest BCUT2D eigenvalue weighted by Gasteiger charge is 2.24. The third-order valence-electron chi connectivity index (χ3n) is 1.31. The minimum Gasteiger partial charge on any atom is -0.204 e. The quantitative estimate of drug-likeness (QED) is 0.461. The van der Waals surface area contributed by atoms with Crippen LogP contribution in [0.2, 0.25) is 0 Å². The number of hydrogen-bond acceptors (Lipinski definition) is 0. The van der Waals surface area contributed by atoms with Crippen LogP contribution in [0.15, 0.2) is 12.1 Å². The first-order valence-corrected chi connectivity index (χ1v) is 5.42. The Hall–Kier alpha value is 0.450. The van der Waals surface area contributed by atoms with E-state index >= 15 is 0 Å². The Bertz CT molecular complexity index is 309. The molecule has 0 fully saturated rings. The smallest absolute Gasteiger partial charge is 0.194 e. The van der Waals surface area contributed by atoms with Crippen molar-refractivity contribution in [2.75, 3.05) is 0 Å². The van der Waals surface area contributed by atoms with Crippen molar-refractivity contribution in [2.24, 2.45) is 0 Å². The maximum Gasteiger partial charge on any atom is 0.194 e. The second-order valence-corrected chi connectivity index (χ2v) is 9.01. The number of halogens is 6. The molecule has 0 bridgehead atoms. The van der Waals surface area contributed by atoms with E-state index in [1.54, 1.807) is 0 Å². The van der Waals surface area contributed by atoms with E-state index in [0.29, 0.717) is 0 Å². The van der Waals surface area contributed by atoms with E-state index in [1.165, 1.54) is 0 Å². The maximum absolute atomic E-state index is 12.7. The van der Waals surface area contributed by atoms with Crippen LogP contribution in [0.5, 0.6) is 0 Å². The van der Waals surface area contributed by atoms with E-state index in [1.807, 2.05) is 0 Å². The molecule has 0 aromatic heterocycles. The molecule has 6 heteroatoms. The summed E-state index contributed by atoms with van der Waals surface area (Å²) in [5, 5.41) is 0. The molecule has 0 radical (unpaired) electrons.